The van der Waals surface area contributed by atoms with Crippen LogP contribution in [0, 0.1) is 0 Å². The minimum atomic E-state index is -0.250. The van der Waals surface area contributed by atoms with Crippen molar-refractivity contribution in [1.29, 1.82) is 0 Å². The van der Waals surface area contributed by atoms with Gasteiger partial charge >= 0.3 is 5.97 Å². The summed E-state index contributed by atoms with van der Waals surface area (Å²) in [6.45, 7) is 3.00. The minimum Gasteiger partial charge on any atom is -0.465 e. The van der Waals surface area contributed by atoms with Crippen LogP contribution in [-0.4, -0.2) is 34.6 Å². The highest BCUT2D eigenvalue weighted by atomic mass is 16.5. The number of unbranched alkanes of at least 4 members (excludes halogenated alkanes) is 2. The van der Waals surface area contributed by atoms with E-state index >= 15 is 0 Å². The molecule has 0 radical (unpaired) electrons. The van der Waals surface area contributed by atoms with Gasteiger partial charge in [-0.25, -0.2) is 4.98 Å². The molecule has 1 N–H and O–H groups in total. The molecule has 152 valence electrons. The smallest absolute Gasteiger partial charge is 0.326 e. The topological polar surface area (TPSA) is 73.2 Å². The van der Waals surface area contributed by atoms with E-state index in [4.69, 9.17) is 9.72 Å². The standard InChI is InChI=1S/C23H27N3O3/c1-2-29-22(27)17-26-20-14-9-8-13-19(20)25-21(26)15-7-4-10-16-24-23(28)18-11-5-3-6-12-18/h3,5-6,8-9,11-14H,2,4,7,10,15-17H2,1H3,(H,24,28). The van der Waals surface area contributed by atoms with Gasteiger partial charge in [0.05, 0.1) is 17.6 Å². The molecular formula is C23H27N3O3. The van der Waals surface area contributed by atoms with Crippen LogP contribution in [0.25, 0.3) is 11.0 Å². The Balaban J connectivity index is 1.50. The number of aromatic nitrogens is 2. The van der Waals surface area contributed by atoms with Gasteiger partial charge in [-0.1, -0.05) is 36.8 Å². The summed E-state index contributed by atoms with van der Waals surface area (Å²) in [6.07, 6.45) is 3.59. The summed E-state index contributed by atoms with van der Waals surface area (Å²) in [5.41, 5.74) is 2.52. The maximum atomic E-state index is 12.0. The number of nitrogens with one attached hydrogen (secondary N) is 1. The number of carbonyl (C=O) groups excluding carboxylic acids is 2. The lowest BCUT2D eigenvalue weighted by molar-refractivity contribution is -0.143. The van der Waals surface area contributed by atoms with Crippen LogP contribution in [0.1, 0.15) is 42.4 Å². The van der Waals surface area contributed by atoms with Crippen LogP contribution in [0.2, 0.25) is 0 Å². The Labute approximate surface area is 170 Å². The van der Waals surface area contributed by atoms with Crippen LogP contribution in [0.15, 0.2) is 54.6 Å². The van der Waals surface area contributed by atoms with E-state index in [1.807, 2.05) is 59.2 Å². The molecule has 0 fully saturated rings. The monoisotopic (exact) mass is 393 g/mol. The van der Waals surface area contributed by atoms with Gasteiger partial charge in [0.15, 0.2) is 0 Å². The van der Waals surface area contributed by atoms with E-state index in [-0.39, 0.29) is 18.4 Å². The first-order valence-electron chi connectivity index (χ1n) is 10.1. The average molecular weight is 393 g/mol. The molecule has 3 aromatic rings. The van der Waals surface area contributed by atoms with Crippen molar-refractivity contribution in [2.45, 2.75) is 39.2 Å². The van der Waals surface area contributed by atoms with Gasteiger partial charge in [-0.15, -0.1) is 0 Å². The molecule has 0 bridgehead atoms. The number of amides is 1. The fourth-order valence-electron chi connectivity index (χ4n) is 3.31. The summed E-state index contributed by atoms with van der Waals surface area (Å²) >= 11 is 0. The molecule has 0 saturated heterocycles. The molecule has 29 heavy (non-hydrogen) atoms. The molecule has 3 rings (SSSR count). The molecule has 0 saturated carbocycles. The predicted molar refractivity (Wildman–Crippen MR) is 113 cm³/mol. The second-order valence-electron chi connectivity index (χ2n) is 6.84. The molecule has 1 aromatic heterocycles. The van der Waals surface area contributed by atoms with Crippen molar-refractivity contribution in [2.75, 3.05) is 13.2 Å². The van der Waals surface area contributed by atoms with Crippen LogP contribution < -0.4 is 5.32 Å². The summed E-state index contributed by atoms with van der Waals surface area (Å²) in [5, 5.41) is 2.95. The SMILES string of the molecule is CCOC(=O)Cn1c(CCCCCNC(=O)c2ccccc2)nc2ccccc21. The van der Waals surface area contributed by atoms with Crippen LogP contribution in [0.5, 0.6) is 0 Å². The Kier molecular flexibility index (Phi) is 7.39. The van der Waals surface area contributed by atoms with Gasteiger partial charge in [0.2, 0.25) is 0 Å². The van der Waals surface area contributed by atoms with Crippen molar-refractivity contribution in [2.24, 2.45) is 0 Å². The van der Waals surface area contributed by atoms with Crippen molar-refractivity contribution in [3.63, 3.8) is 0 Å². The minimum absolute atomic E-state index is 0.0400. The predicted octanol–water partition coefficient (Wildman–Crippen LogP) is 3.74. The van der Waals surface area contributed by atoms with Gasteiger partial charge < -0.3 is 14.6 Å². The van der Waals surface area contributed by atoms with E-state index < -0.39 is 0 Å². The Bertz CT molecular complexity index is 950. The lowest BCUT2D eigenvalue weighted by Crippen LogP contribution is -2.24. The number of hydrogen-bond donors (Lipinski definition) is 1. The third kappa shape index (κ3) is 5.67. The molecule has 0 atom stereocenters. The van der Waals surface area contributed by atoms with Crippen molar-refractivity contribution < 1.29 is 14.3 Å². The molecule has 6 nitrogen and oxygen atoms in total. The summed E-state index contributed by atoms with van der Waals surface area (Å²) in [7, 11) is 0. The second-order valence-corrected chi connectivity index (χ2v) is 6.84. The number of imidazole rings is 1. The van der Waals surface area contributed by atoms with Gasteiger partial charge in [0, 0.05) is 18.5 Å². The number of ether oxygens (including phenoxy) is 1. The first-order chi connectivity index (χ1) is 14.2. The molecule has 0 aliphatic heterocycles. The molecule has 1 heterocycles. The van der Waals surface area contributed by atoms with Crippen LogP contribution >= 0.6 is 0 Å². The van der Waals surface area contributed by atoms with Gasteiger partial charge in [-0.2, -0.15) is 0 Å². The van der Waals surface area contributed by atoms with E-state index in [0.29, 0.717) is 18.7 Å². The number of benzene rings is 2. The third-order valence-corrected chi connectivity index (χ3v) is 4.72. The van der Waals surface area contributed by atoms with Crippen LogP contribution in [0.4, 0.5) is 0 Å². The van der Waals surface area contributed by atoms with Gasteiger partial charge in [0.25, 0.3) is 5.91 Å². The molecule has 0 aliphatic rings. The molecule has 1 amide bonds. The van der Waals surface area contributed by atoms with Gasteiger partial charge in [-0.05, 0) is 44.0 Å². The van der Waals surface area contributed by atoms with Crippen LogP contribution in [0.3, 0.4) is 0 Å². The number of aryl methyl sites for hydroxylation is 1. The normalized spacial score (nSPS) is 10.8. The van der Waals surface area contributed by atoms with Crippen molar-refractivity contribution in [1.82, 2.24) is 14.9 Å². The molecule has 0 spiro atoms. The highest BCUT2D eigenvalue weighted by Gasteiger charge is 2.14. The van der Waals surface area contributed by atoms with Crippen LogP contribution in [-0.2, 0) is 22.5 Å². The number of esters is 1. The zero-order valence-electron chi connectivity index (χ0n) is 16.8. The fourth-order valence-corrected chi connectivity index (χ4v) is 3.31. The zero-order valence-corrected chi connectivity index (χ0v) is 16.8. The molecule has 2 aromatic carbocycles. The van der Waals surface area contributed by atoms with E-state index in [0.717, 1.165) is 42.5 Å². The number of rotatable bonds is 10. The maximum absolute atomic E-state index is 12.0. The summed E-state index contributed by atoms with van der Waals surface area (Å²) in [4.78, 5) is 28.7. The Morgan fingerprint density at radius 3 is 2.55 bits per heavy atom. The van der Waals surface area contributed by atoms with Gasteiger partial charge in [-0.3, -0.25) is 9.59 Å². The van der Waals surface area contributed by atoms with Crippen molar-refractivity contribution in [3.8, 4) is 0 Å². The van der Waals surface area contributed by atoms with Crippen molar-refractivity contribution >= 4 is 22.9 Å². The largest absolute Gasteiger partial charge is 0.465 e. The summed E-state index contributed by atoms with van der Waals surface area (Å²) < 4.78 is 7.06. The Morgan fingerprint density at radius 2 is 1.76 bits per heavy atom. The quantitative estimate of drug-likeness (QED) is 0.421. The summed E-state index contributed by atoms with van der Waals surface area (Å²) in [6, 6.07) is 17.1. The number of hydrogen-bond acceptors (Lipinski definition) is 4. The number of para-hydroxylation sites is 2. The van der Waals surface area contributed by atoms with Gasteiger partial charge in [0.1, 0.15) is 12.4 Å². The molecule has 0 unspecified atom stereocenters. The Hall–Kier alpha value is -3.15. The number of fused-ring (bicyclic) bond motifs is 1. The molecule has 6 heteroatoms. The third-order valence-electron chi connectivity index (χ3n) is 4.72. The Morgan fingerprint density at radius 1 is 1.00 bits per heavy atom. The second kappa shape index (κ2) is 10.4. The summed E-state index contributed by atoms with van der Waals surface area (Å²) in [5.74, 6) is 0.606. The molecule has 0 aliphatic carbocycles. The lowest BCUT2D eigenvalue weighted by atomic mass is 10.1. The van der Waals surface area contributed by atoms with E-state index in [1.165, 1.54) is 0 Å². The highest BCUT2D eigenvalue weighted by Crippen LogP contribution is 2.18. The molecular weight excluding hydrogens is 366 g/mol. The maximum Gasteiger partial charge on any atom is 0.326 e. The fraction of sp³-hybridized carbons (Fsp3) is 0.348. The first kappa shape index (κ1) is 20.6. The van der Waals surface area contributed by atoms with E-state index in [2.05, 4.69) is 5.32 Å². The number of carbonyl (C=O) groups is 2. The van der Waals surface area contributed by atoms with E-state index in [9.17, 15) is 9.59 Å². The highest BCUT2D eigenvalue weighted by molar-refractivity contribution is 5.94. The average Bonchev–Trinajstić information content (AvgIpc) is 3.08. The lowest BCUT2D eigenvalue weighted by Gasteiger charge is -2.09. The number of nitrogens with zero attached hydrogens (tertiary/aromatic N) is 2. The zero-order chi connectivity index (χ0) is 20.5. The van der Waals surface area contributed by atoms with E-state index in [1.54, 1.807) is 6.92 Å². The van der Waals surface area contributed by atoms with Crippen molar-refractivity contribution in [3.05, 3.63) is 66.0 Å². The first-order valence-corrected chi connectivity index (χ1v) is 10.1.